The molecule has 0 aliphatic carbocycles. The van der Waals surface area contributed by atoms with Gasteiger partial charge in [-0.3, -0.25) is 9.48 Å². The number of thioether (sulfide) groups is 1. The summed E-state index contributed by atoms with van der Waals surface area (Å²) in [5.41, 5.74) is 3.21. The van der Waals surface area contributed by atoms with E-state index >= 15 is 0 Å². The molecule has 0 bridgehead atoms. The van der Waals surface area contributed by atoms with Crippen molar-refractivity contribution in [3.63, 3.8) is 0 Å². The molecule has 0 N–H and O–H groups in total. The Morgan fingerprint density at radius 3 is 2.75 bits per heavy atom. The predicted octanol–water partition coefficient (Wildman–Crippen LogP) is 3.42. The molecule has 0 saturated carbocycles. The number of benzene rings is 1. The predicted molar refractivity (Wildman–Crippen MR) is 83.3 cm³/mol. The average molecular weight is 288 g/mol. The fraction of sp³-hybridized carbons (Fsp3) is 0.375. The molecule has 0 amide bonds. The second kappa shape index (κ2) is 6.75. The second-order valence-corrected chi connectivity index (χ2v) is 5.88. The zero-order valence-electron chi connectivity index (χ0n) is 12.2. The third-order valence-electron chi connectivity index (χ3n) is 3.15. The minimum atomic E-state index is 0.243. The van der Waals surface area contributed by atoms with Crippen LogP contribution in [0.2, 0.25) is 0 Å². The summed E-state index contributed by atoms with van der Waals surface area (Å²) in [6.45, 7) is 6.88. The number of hydrogen-bond donors (Lipinski definition) is 0. The molecule has 0 unspecified atom stereocenters. The summed E-state index contributed by atoms with van der Waals surface area (Å²) < 4.78 is 1.91. The summed E-state index contributed by atoms with van der Waals surface area (Å²) >= 11 is 1.62. The third kappa shape index (κ3) is 3.73. The van der Waals surface area contributed by atoms with Crippen molar-refractivity contribution in [2.45, 2.75) is 38.6 Å². The lowest BCUT2D eigenvalue weighted by Crippen LogP contribution is -2.11. The average Bonchev–Trinajstić information content (AvgIpc) is 2.78. The van der Waals surface area contributed by atoms with Crippen molar-refractivity contribution < 1.29 is 4.79 Å². The van der Waals surface area contributed by atoms with Gasteiger partial charge in [0, 0.05) is 23.6 Å². The van der Waals surface area contributed by atoms with Crippen LogP contribution in [0.25, 0.3) is 0 Å². The molecule has 0 saturated heterocycles. The van der Waals surface area contributed by atoms with E-state index in [-0.39, 0.29) is 5.78 Å². The zero-order chi connectivity index (χ0) is 14.5. The van der Waals surface area contributed by atoms with Crippen molar-refractivity contribution >= 4 is 17.5 Å². The van der Waals surface area contributed by atoms with E-state index < -0.39 is 0 Å². The molecule has 3 nitrogen and oxygen atoms in total. The first-order valence-electron chi connectivity index (χ1n) is 6.83. The quantitative estimate of drug-likeness (QED) is 0.764. The molecule has 1 aromatic heterocycles. The fourth-order valence-corrected chi connectivity index (χ4v) is 3.03. The fourth-order valence-electron chi connectivity index (χ4n) is 2.14. The maximum Gasteiger partial charge on any atom is 0.149 e. The van der Waals surface area contributed by atoms with Crippen LogP contribution >= 0.6 is 11.8 Å². The van der Waals surface area contributed by atoms with Crippen LogP contribution in [0.3, 0.4) is 0 Å². The minimum Gasteiger partial charge on any atom is -0.298 e. The van der Waals surface area contributed by atoms with Crippen LogP contribution < -0.4 is 0 Å². The van der Waals surface area contributed by atoms with Gasteiger partial charge in [-0.25, -0.2) is 0 Å². The van der Waals surface area contributed by atoms with E-state index in [1.807, 2.05) is 36.7 Å². The standard InChI is InChI=1S/C16H20N2OS/c1-4-18-14(9-13(3)17-18)10-15(19)11-20-16-8-6-5-7-12(16)2/h5-9H,4,10-11H2,1-3H3. The van der Waals surface area contributed by atoms with E-state index in [1.165, 1.54) is 10.5 Å². The lowest BCUT2D eigenvalue weighted by Gasteiger charge is -2.06. The van der Waals surface area contributed by atoms with E-state index in [0.717, 1.165) is 17.9 Å². The molecule has 4 heteroatoms. The van der Waals surface area contributed by atoms with Crippen molar-refractivity contribution in [2.24, 2.45) is 0 Å². The Hall–Kier alpha value is -1.55. The van der Waals surface area contributed by atoms with Gasteiger partial charge in [-0.1, -0.05) is 18.2 Å². The van der Waals surface area contributed by atoms with Gasteiger partial charge < -0.3 is 0 Å². The molecule has 0 radical (unpaired) electrons. The smallest absolute Gasteiger partial charge is 0.149 e. The van der Waals surface area contributed by atoms with E-state index in [2.05, 4.69) is 24.2 Å². The Bertz CT molecular complexity index is 604. The molecule has 0 aliphatic heterocycles. The van der Waals surface area contributed by atoms with Gasteiger partial charge >= 0.3 is 0 Å². The van der Waals surface area contributed by atoms with Gasteiger partial charge in [-0.2, -0.15) is 5.10 Å². The lowest BCUT2D eigenvalue weighted by atomic mass is 10.2. The first kappa shape index (κ1) is 14.9. The highest BCUT2D eigenvalue weighted by Gasteiger charge is 2.10. The van der Waals surface area contributed by atoms with Crippen molar-refractivity contribution in [2.75, 3.05) is 5.75 Å². The molecular weight excluding hydrogens is 268 g/mol. The topological polar surface area (TPSA) is 34.9 Å². The van der Waals surface area contributed by atoms with Crippen LogP contribution in [-0.2, 0) is 17.8 Å². The minimum absolute atomic E-state index is 0.243. The Morgan fingerprint density at radius 1 is 1.30 bits per heavy atom. The maximum atomic E-state index is 12.1. The normalized spacial score (nSPS) is 10.8. The Kier molecular flexibility index (Phi) is 5.01. The molecule has 20 heavy (non-hydrogen) atoms. The molecule has 1 aromatic carbocycles. The van der Waals surface area contributed by atoms with Crippen molar-refractivity contribution in [3.05, 3.63) is 47.3 Å². The molecule has 2 aromatic rings. The SMILES string of the molecule is CCn1nc(C)cc1CC(=O)CSc1ccccc1C. The van der Waals surface area contributed by atoms with Crippen molar-refractivity contribution in [1.29, 1.82) is 0 Å². The highest BCUT2D eigenvalue weighted by Crippen LogP contribution is 2.22. The molecule has 1 heterocycles. The number of aryl methyl sites for hydroxylation is 3. The van der Waals surface area contributed by atoms with E-state index in [9.17, 15) is 4.79 Å². The summed E-state index contributed by atoms with van der Waals surface area (Å²) in [7, 11) is 0. The molecule has 106 valence electrons. The molecule has 0 atom stereocenters. The van der Waals surface area contributed by atoms with Crippen LogP contribution in [0.5, 0.6) is 0 Å². The first-order valence-corrected chi connectivity index (χ1v) is 7.82. The Labute approximate surface area is 124 Å². The second-order valence-electron chi connectivity index (χ2n) is 4.86. The summed E-state index contributed by atoms with van der Waals surface area (Å²) in [4.78, 5) is 13.3. The third-order valence-corrected chi connectivity index (χ3v) is 4.38. The van der Waals surface area contributed by atoms with Gasteiger partial charge in [0.25, 0.3) is 0 Å². The highest BCUT2D eigenvalue weighted by molar-refractivity contribution is 8.00. The number of aromatic nitrogens is 2. The van der Waals surface area contributed by atoms with Gasteiger partial charge in [0.15, 0.2) is 0 Å². The molecule has 0 spiro atoms. The van der Waals surface area contributed by atoms with Crippen LogP contribution in [-0.4, -0.2) is 21.3 Å². The number of nitrogens with zero attached hydrogens (tertiary/aromatic N) is 2. The molecular formula is C16H20N2OS. The molecule has 0 aliphatic rings. The zero-order valence-corrected chi connectivity index (χ0v) is 13.0. The largest absolute Gasteiger partial charge is 0.298 e. The number of hydrogen-bond acceptors (Lipinski definition) is 3. The highest BCUT2D eigenvalue weighted by atomic mass is 32.2. The van der Waals surface area contributed by atoms with Gasteiger partial charge in [-0.05, 0) is 38.5 Å². The van der Waals surface area contributed by atoms with Gasteiger partial charge in [0.2, 0.25) is 0 Å². The van der Waals surface area contributed by atoms with Crippen molar-refractivity contribution in [1.82, 2.24) is 9.78 Å². The number of rotatable bonds is 6. The van der Waals surface area contributed by atoms with Gasteiger partial charge in [-0.15, -0.1) is 11.8 Å². The lowest BCUT2D eigenvalue weighted by molar-refractivity contribution is -0.116. The number of carbonyl (C=O) groups excluding carboxylic acids is 1. The number of ketones is 1. The Morgan fingerprint density at radius 2 is 2.05 bits per heavy atom. The van der Waals surface area contributed by atoms with Crippen LogP contribution in [0, 0.1) is 13.8 Å². The number of carbonyl (C=O) groups is 1. The summed E-state index contributed by atoms with van der Waals surface area (Å²) in [5.74, 6) is 0.756. The molecule has 0 fully saturated rings. The van der Waals surface area contributed by atoms with Crippen LogP contribution in [0.4, 0.5) is 0 Å². The van der Waals surface area contributed by atoms with Crippen LogP contribution in [0.15, 0.2) is 35.2 Å². The molecule has 2 rings (SSSR count). The Balaban J connectivity index is 1.94. The van der Waals surface area contributed by atoms with E-state index in [1.54, 1.807) is 11.8 Å². The summed E-state index contributed by atoms with van der Waals surface area (Å²) in [5, 5.41) is 4.37. The van der Waals surface area contributed by atoms with Crippen LogP contribution in [0.1, 0.15) is 23.9 Å². The van der Waals surface area contributed by atoms with E-state index in [4.69, 9.17) is 0 Å². The summed E-state index contributed by atoms with van der Waals surface area (Å²) in [6, 6.07) is 10.2. The van der Waals surface area contributed by atoms with Gasteiger partial charge in [0.1, 0.15) is 5.78 Å². The first-order chi connectivity index (χ1) is 9.60. The van der Waals surface area contributed by atoms with E-state index in [0.29, 0.717) is 12.2 Å². The van der Waals surface area contributed by atoms with Crippen molar-refractivity contribution in [3.8, 4) is 0 Å². The maximum absolute atomic E-state index is 12.1. The summed E-state index contributed by atoms with van der Waals surface area (Å²) in [6.07, 6.45) is 0.466. The number of Topliss-reactive ketones (excluding diaryl/α,β-unsaturated/α-hetero) is 1. The van der Waals surface area contributed by atoms with Gasteiger partial charge in [0.05, 0.1) is 11.4 Å². The monoisotopic (exact) mass is 288 g/mol.